The molecule has 1 spiro atoms. The Hall–Kier alpha value is -2.68. The average molecular weight is 583 g/mol. The number of anilines is 1. The number of thioether (sulfide) groups is 1. The topological polar surface area (TPSA) is 75.7 Å². The van der Waals surface area contributed by atoms with Crippen molar-refractivity contribution < 1.29 is 17.9 Å². The van der Waals surface area contributed by atoms with Gasteiger partial charge in [-0.05, 0) is 90.6 Å². The highest BCUT2D eigenvalue weighted by Crippen LogP contribution is 2.59. The quantitative estimate of drug-likeness (QED) is 0.368. The maximum Gasteiger partial charge on any atom is 0.264 e. The van der Waals surface area contributed by atoms with E-state index in [1.54, 1.807) is 40.7 Å². The maximum atomic E-state index is 14.3. The Morgan fingerprint density at radius 1 is 1.08 bits per heavy atom. The van der Waals surface area contributed by atoms with E-state index >= 15 is 0 Å². The summed E-state index contributed by atoms with van der Waals surface area (Å²) >= 11 is 8.20. The number of rotatable bonds is 7. The van der Waals surface area contributed by atoms with Crippen molar-refractivity contribution >= 4 is 45.0 Å². The summed E-state index contributed by atoms with van der Waals surface area (Å²) in [4.78, 5) is 13.5. The second-order valence-electron chi connectivity index (χ2n) is 10.5. The van der Waals surface area contributed by atoms with Crippen LogP contribution in [0.15, 0.2) is 71.6 Å². The fraction of sp³-hybridized carbons (Fsp3) is 0.367. The number of benzene rings is 3. The molecule has 1 N–H and O–H groups in total. The van der Waals surface area contributed by atoms with Crippen molar-refractivity contribution in [2.45, 2.75) is 48.6 Å². The van der Waals surface area contributed by atoms with Crippen molar-refractivity contribution in [3.63, 3.8) is 0 Å². The summed E-state index contributed by atoms with van der Waals surface area (Å²) in [6, 6.07) is 19.5. The molecule has 2 aliphatic heterocycles. The standard InChI is InChI=1S/C30H31ClN2O4S2/c1-37-23-6-4-7-24(18-23)39(35,36)33-27-12-11-21(29(34)32-19-22-5-2-3-8-26(22)31)17-25(27)30(13-15-38-16-14-30)28(33)20-9-10-20/h2-8,11-12,17-18,20,28H,9-10,13-16,19H2,1H3,(H,32,34). The zero-order chi connectivity index (χ0) is 27.2. The van der Waals surface area contributed by atoms with Crippen molar-refractivity contribution in [1.82, 2.24) is 5.32 Å². The second kappa shape index (κ2) is 10.4. The number of amides is 1. The number of nitrogens with one attached hydrogen (secondary N) is 1. The van der Waals surface area contributed by atoms with Crippen LogP contribution in [0.3, 0.4) is 0 Å². The number of carbonyl (C=O) groups is 1. The molecule has 1 aliphatic carbocycles. The zero-order valence-electron chi connectivity index (χ0n) is 21.7. The first-order valence-corrected chi connectivity index (χ1v) is 16.2. The molecule has 6 rings (SSSR count). The lowest BCUT2D eigenvalue weighted by Gasteiger charge is -2.41. The third-order valence-corrected chi connectivity index (χ3v) is 11.4. The molecule has 204 valence electrons. The summed E-state index contributed by atoms with van der Waals surface area (Å²) in [5.41, 5.74) is 2.75. The molecular weight excluding hydrogens is 552 g/mol. The summed E-state index contributed by atoms with van der Waals surface area (Å²) in [6.07, 6.45) is 3.81. The van der Waals surface area contributed by atoms with Crippen LogP contribution in [0.25, 0.3) is 0 Å². The van der Waals surface area contributed by atoms with Crippen LogP contribution in [0.5, 0.6) is 5.75 Å². The van der Waals surface area contributed by atoms with E-state index < -0.39 is 10.0 Å². The SMILES string of the molecule is COc1cccc(S(=O)(=O)N2c3ccc(C(=O)NCc4ccccc4Cl)cc3C3(CCSCC3)C2C2CC2)c1. The monoisotopic (exact) mass is 582 g/mol. The van der Waals surface area contributed by atoms with Gasteiger partial charge in [0.1, 0.15) is 5.75 Å². The number of fused-ring (bicyclic) bond motifs is 2. The lowest BCUT2D eigenvalue weighted by Crippen LogP contribution is -2.50. The van der Waals surface area contributed by atoms with Gasteiger partial charge in [-0.2, -0.15) is 11.8 Å². The smallest absolute Gasteiger partial charge is 0.264 e. The van der Waals surface area contributed by atoms with E-state index in [0.29, 0.717) is 34.5 Å². The van der Waals surface area contributed by atoms with Crippen LogP contribution in [-0.4, -0.2) is 39.0 Å². The predicted octanol–water partition coefficient (Wildman–Crippen LogP) is 6.03. The lowest BCUT2D eigenvalue weighted by atomic mass is 9.70. The number of sulfonamides is 1. The first-order valence-electron chi connectivity index (χ1n) is 13.3. The number of hydrogen-bond donors (Lipinski definition) is 1. The van der Waals surface area contributed by atoms with E-state index in [2.05, 4.69) is 5.32 Å². The number of hydrogen-bond acceptors (Lipinski definition) is 5. The van der Waals surface area contributed by atoms with Crippen LogP contribution in [0.1, 0.15) is 47.2 Å². The zero-order valence-corrected chi connectivity index (χ0v) is 24.1. The molecule has 3 aromatic rings. The molecule has 1 amide bonds. The van der Waals surface area contributed by atoms with Crippen LogP contribution in [0.4, 0.5) is 5.69 Å². The van der Waals surface area contributed by atoms with Crippen molar-refractivity contribution in [1.29, 1.82) is 0 Å². The number of ether oxygens (including phenoxy) is 1. The van der Waals surface area contributed by atoms with Gasteiger partial charge in [-0.3, -0.25) is 9.10 Å². The normalized spacial score (nSPS) is 20.1. The summed E-state index contributed by atoms with van der Waals surface area (Å²) in [5.74, 6) is 2.55. The van der Waals surface area contributed by atoms with Crippen LogP contribution >= 0.6 is 23.4 Å². The van der Waals surface area contributed by atoms with Gasteiger partial charge in [-0.25, -0.2) is 8.42 Å². The van der Waals surface area contributed by atoms with Crippen LogP contribution in [-0.2, 0) is 22.0 Å². The molecular formula is C30H31ClN2O4S2. The molecule has 1 saturated heterocycles. The average Bonchev–Trinajstić information content (AvgIpc) is 3.76. The number of carbonyl (C=O) groups excluding carboxylic acids is 1. The Balaban J connectivity index is 1.41. The van der Waals surface area contributed by atoms with E-state index in [9.17, 15) is 13.2 Å². The van der Waals surface area contributed by atoms with Crippen molar-refractivity contribution in [3.8, 4) is 5.75 Å². The Bertz CT molecular complexity index is 1520. The van der Waals surface area contributed by atoms with Gasteiger partial charge in [0.2, 0.25) is 0 Å². The molecule has 3 aromatic carbocycles. The molecule has 6 nitrogen and oxygen atoms in total. The van der Waals surface area contributed by atoms with Crippen LogP contribution in [0, 0.1) is 5.92 Å². The van der Waals surface area contributed by atoms with E-state index in [4.69, 9.17) is 16.3 Å². The third-order valence-electron chi connectivity index (χ3n) is 8.30. The maximum absolute atomic E-state index is 14.3. The van der Waals surface area contributed by atoms with Crippen molar-refractivity contribution in [2.24, 2.45) is 5.92 Å². The number of methoxy groups -OCH3 is 1. The van der Waals surface area contributed by atoms with Gasteiger partial charge in [-0.15, -0.1) is 0 Å². The van der Waals surface area contributed by atoms with Crippen molar-refractivity contribution in [2.75, 3.05) is 22.9 Å². The van der Waals surface area contributed by atoms with Gasteiger partial charge >= 0.3 is 0 Å². The molecule has 3 aliphatic rings. The molecule has 1 saturated carbocycles. The highest BCUT2D eigenvalue weighted by molar-refractivity contribution is 7.99. The van der Waals surface area contributed by atoms with Gasteiger partial charge in [0.15, 0.2) is 0 Å². The summed E-state index contributed by atoms with van der Waals surface area (Å²) in [5, 5.41) is 3.60. The highest BCUT2D eigenvalue weighted by atomic mass is 35.5. The Kier molecular flexibility index (Phi) is 7.06. The fourth-order valence-electron chi connectivity index (χ4n) is 6.23. The van der Waals surface area contributed by atoms with E-state index in [1.165, 1.54) is 7.11 Å². The molecule has 1 atom stereocenters. The third kappa shape index (κ3) is 4.70. The lowest BCUT2D eigenvalue weighted by molar-refractivity contribution is 0.0950. The van der Waals surface area contributed by atoms with Gasteiger partial charge in [0, 0.05) is 28.6 Å². The fourth-order valence-corrected chi connectivity index (χ4v) is 9.49. The molecule has 0 bridgehead atoms. The first-order chi connectivity index (χ1) is 18.8. The summed E-state index contributed by atoms with van der Waals surface area (Å²) in [7, 11) is -2.33. The van der Waals surface area contributed by atoms with Gasteiger partial charge in [-0.1, -0.05) is 35.9 Å². The first kappa shape index (κ1) is 26.5. The highest BCUT2D eigenvalue weighted by Gasteiger charge is 2.59. The Labute approximate surface area is 239 Å². The Morgan fingerprint density at radius 3 is 2.56 bits per heavy atom. The molecule has 0 radical (unpaired) electrons. The van der Waals surface area contributed by atoms with E-state index in [1.807, 2.05) is 42.1 Å². The largest absolute Gasteiger partial charge is 0.497 e. The molecule has 9 heteroatoms. The number of nitrogens with zero attached hydrogens (tertiary/aromatic N) is 1. The minimum absolute atomic E-state index is 0.161. The minimum Gasteiger partial charge on any atom is -0.497 e. The van der Waals surface area contributed by atoms with Crippen LogP contribution in [0.2, 0.25) is 5.02 Å². The molecule has 2 fully saturated rings. The van der Waals surface area contributed by atoms with Crippen molar-refractivity contribution in [3.05, 3.63) is 88.4 Å². The minimum atomic E-state index is -3.87. The molecule has 0 aromatic heterocycles. The molecule has 39 heavy (non-hydrogen) atoms. The number of halogens is 1. The van der Waals surface area contributed by atoms with E-state index in [-0.39, 0.29) is 22.3 Å². The molecule has 2 heterocycles. The Morgan fingerprint density at radius 2 is 1.85 bits per heavy atom. The predicted molar refractivity (Wildman–Crippen MR) is 156 cm³/mol. The van der Waals surface area contributed by atoms with Gasteiger partial charge < -0.3 is 10.1 Å². The van der Waals surface area contributed by atoms with E-state index in [0.717, 1.165) is 48.3 Å². The second-order valence-corrected chi connectivity index (χ2v) is 14.0. The van der Waals surface area contributed by atoms with Gasteiger partial charge in [0.05, 0.1) is 23.7 Å². The summed E-state index contributed by atoms with van der Waals surface area (Å²) < 4.78 is 35.7. The van der Waals surface area contributed by atoms with Gasteiger partial charge in [0.25, 0.3) is 15.9 Å². The molecule has 1 unspecified atom stereocenters. The summed E-state index contributed by atoms with van der Waals surface area (Å²) in [6.45, 7) is 0.318. The van der Waals surface area contributed by atoms with Crippen LogP contribution < -0.4 is 14.4 Å².